The summed E-state index contributed by atoms with van der Waals surface area (Å²) in [5, 5.41) is 4.08. The molecule has 204 valence electrons. The van der Waals surface area contributed by atoms with Crippen LogP contribution in [0.15, 0.2) is 90.1 Å². The second-order valence-electron chi connectivity index (χ2n) is 8.74. The number of fused-ring (bicyclic) bond motifs is 1. The van der Waals surface area contributed by atoms with Gasteiger partial charge in [0.15, 0.2) is 5.75 Å². The van der Waals surface area contributed by atoms with Gasteiger partial charge >= 0.3 is 0 Å². The summed E-state index contributed by atoms with van der Waals surface area (Å²) < 4.78 is 66.7. The quantitative estimate of drug-likeness (QED) is 0.227. The minimum atomic E-state index is -4.42. The molecule has 0 fully saturated rings. The number of rotatable bonds is 9. The molecule has 0 aliphatic rings. The Bertz CT molecular complexity index is 1800. The molecule has 3 aromatic carbocycles. The summed E-state index contributed by atoms with van der Waals surface area (Å²) >= 11 is 0. The highest BCUT2D eigenvalue weighted by atomic mass is 32.2. The average Bonchev–Trinajstić information content (AvgIpc) is 2.95. The van der Waals surface area contributed by atoms with Crippen LogP contribution in [0.3, 0.4) is 0 Å². The van der Waals surface area contributed by atoms with Crippen LogP contribution >= 0.6 is 0 Å². The Kier molecular flexibility index (Phi) is 7.47. The normalized spacial score (nSPS) is 11.3. The monoisotopic (exact) mass is 562 g/mol. The molecule has 2 N–H and O–H groups in total. The zero-order valence-electron chi connectivity index (χ0n) is 21.5. The lowest BCUT2D eigenvalue weighted by Gasteiger charge is -2.15. The van der Waals surface area contributed by atoms with Gasteiger partial charge in [0.2, 0.25) is 5.88 Å². The molecule has 0 bridgehead atoms. The van der Waals surface area contributed by atoms with E-state index in [0.29, 0.717) is 40.7 Å². The van der Waals surface area contributed by atoms with Gasteiger partial charge < -0.3 is 14.8 Å². The Balaban J connectivity index is 1.51. The molecule has 0 aliphatic carbocycles. The van der Waals surface area contributed by atoms with Gasteiger partial charge in [-0.2, -0.15) is 0 Å². The smallest absolute Gasteiger partial charge is 0.264 e. The summed E-state index contributed by atoms with van der Waals surface area (Å²) in [5.74, 6) is -1.54. The van der Waals surface area contributed by atoms with Gasteiger partial charge in [-0.05, 0) is 41.5 Å². The second-order valence-corrected chi connectivity index (χ2v) is 10.4. The average molecular weight is 563 g/mol. The number of pyridine rings is 2. The first-order chi connectivity index (χ1) is 19.3. The van der Waals surface area contributed by atoms with Gasteiger partial charge in [-0.3, -0.25) is 9.71 Å². The SMILES string of the molecule is COc1ncc(-c2ccc3ncc(NCc4ccccc4)c(OC)c3c2)cc1NS(=O)(=O)c1ccc(F)cc1F. The number of halogens is 2. The molecule has 5 aromatic rings. The Hall–Kier alpha value is -4.77. The van der Waals surface area contributed by atoms with Crippen molar-refractivity contribution in [2.75, 3.05) is 24.3 Å². The molecule has 0 aliphatic heterocycles. The predicted molar refractivity (Wildman–Crippen MR) is 149 cm³/mol. The number of nitrogens with zero attached hydrogens (tertiary/aromatic N) is 2. The van der Waals surface area contributed by atoms with Crippen LogP contribution in [0.4, 0.5) is 20.2 Å². The van der Waals surface area contributed by atoms with E-state index < -0.39 is 26.6 Å². The molecule has 0 saturated carbocycles. The van der Waals surface area contributed by atoms with E-state index in [9.17, 15) is 17.2 Å². The van der Waals surface area contributed by atoms with Crippen LogP contribution in [0.25, 0.3) is 22.0 Å². The van der Waals surface area contributed by atoms with Crippen LogP contribution in [0, 0.1) is 11.6 Å². The number of hydrogen-bond donors (Lipinski definition) is 2. The first-order valence-electron chi connectivity index (χ1n) is 12.1. The predicted octanol–water partition coefficient (Wildman–Crippen LogP) is 6.01. The van der Waals surface area contributed by atoms with Crippen molar-refractivity contribution in [2.24, 2.45) is 0 Å². The van der Waals surface area contributed by atoms with Crippen LogP contribution in [-0.4, -0.2) is 32.6 Å². The van der Waals surface area contributed by atoms with E-state index in [-0.39, 0.29) is 11.6 Å². The number of nitrogens with one attached hydrogen (secondary N) is 2. The number of anilines is 2. The van der Waals surface area contributed by atoms with E-state index in [2.05, 4.69) is 20.0 Å². The van der Waals surface area contributed by atoms with E-state index in [1.165, 1.54) is 19.4 Å². The fraction of sp³-hybridized carbons (Fsp3) is 0.103. The van der Waals surface area contributed by atoms with Crippen LogP contribution in [0.2, 0.25) is 0 Å². The number of aromatic nitrogens is 2. The molecule has 11 heteroatoms. The van der Waals surface area contributed by atoms with Crippen molar-refractivity contribution in [2.45, 2.75) is 11.4 Å². The third-order valence-electron chi connectivity index (χ3n) is 6.15. The summed E-state index contributed by atoms with van der Waals surface area (Å²) in [5.41, 5.74) is 3.71. The summed E-state index contributed by atoms with van der Waals surface area (Å²) in [6, 6.07) is 19.1. The third-order valence-corrected chi connectivity index (χ3v) is 7.55. The van der Waals surface area contributed by atoms with Gasteiger partial charge in [-0.1, -0.05) is 36.4 Å². The Morgan fingerprint density at radius 1 is 0.825 bits per heavy atom. The topological polar surface area (TPSA) is 102 Å². The minimum absolute atomic E-state index is 0.0211. The van der Waals surface area contributed by atoms with Gasteiger partial charge in [0.1, 0.15) is 22.2 Å². The van der Waals surface area contributed by atoms with Crippen molar-refractivity contribution in [3.8, 4) is 22.8 Å². The van der Waals surface area contributed by atoms with Crippen LogP contribution in [-0.2, 0) is 16.6 Å². The summed E-state index contributed by atoms with van der Waals surface area (Å²) in [6.45, 7) is 0.574. The van der Waals surface area contributed by atoms with Gasteiger partial charge in [0.05, 0.1) is 31.6 Å². The zero-order chi connectivity index (χ0) is 28.3. The van der Waals surface area contributed by atoms with E-state index in [4.69, 9.17) is 9.47 Å². The molecule has 40 heavy (non-hydrogen) atoms. The lowest BCUT2D eigenvalue weighted by molar-refractivity contribution is 0.400. The summed E-state index contributed by atoms with van der Waals surface area (Å²) in [6.07, 6.45) is 3.23. The molecule has 8 nitrogen and oxygen atoms in total. The highest BCUT2D eigenvalue weighted by Gasteiger charge is 2.22. The van der Waals surface area contributed by atoms with Crippen molar-refractivity contribution in [1.82, 2.24) is 9.97 Å². The first-order valence-corrected chi connectivity index (χ1v) is 13.5. The summed E-state index contributed by atoms with van der Waals surface area (Å²) in [7, 11) is -1.52. The van der Waals surface area contributed by atoms with E-state index in [0.717, 1.165) is 23.1 Å². The van der Waals surface area contributed by atoms with Gasteiger partial charge in [-0.25, -0.2) is 22.2 Å². The standard InChI is InChI=1S/C29H24F2N4O4S/c1-38-28-22-12-19(8-10-24(22)33-17-26(28)32-15-18-6-4-3-5-7-18)20-13-25(29(39-2)34-16-20)35-40(36,37)27-11-9-21(30)14-23(27)31/h3-14,16-17,32,35H,15H2,1-2H3. The maximum Gasteiger partial charge on any atom is 0.264 e. The van der Waals surface area contributed by atoms with E-state index in [1.54, 1.807) is 13.3 Å². The summed E-state index contributed by atoms with van der Waals surface area (Å²) in [4.78, 5) is 8.07. The molecule has 0 radical (unpaired) electrons. The third kappa shape index (κ3) is 5.50. The van der Waals surface area contributed by atoms with Crippen LogP contribution in [0.1, 0.15) is 5.56 Å². The fourth-order valence-electron chi connectivity index (χ4n) is 4.23. The molecule has 0 unspecified atom stereocenters. The molecule has 0 amide bonds. The number of benzene rings is 3. The second kappa shape index (κ2) is 11.1. The number of hydrogen-bond acceptors (Lipinski definition) is 7. The molecule has 0 saturated heterocycles. The van der Waals surface area contributed by atoms with Gasteiger partial charge in [0, 0.05) is 29.8 Å². The van der Waals surface area contributed by atoms with Crippen molar-refractivity contribution in [3.63, 3.8) is 0 Å². The van der Waals surface area contributed by atoms with Crippen molar-refractivity contribution in [3.05, 3.63) is 102 Å². The lowest BCUT2D eigenvalue weighted by Crippen LogP contribution is -2.15. The lowest BCUT2D eigenvalue weighted by atomic mass is 10.0. The maximum atomic E-state index is 14.3. The highest BCUT2D eigenvalue weighted by Crippen LogP contribution is 2.37. The number of ether oxygens (including phenoxy) is 2. The van der Waals surface area contributed by atoms with Crippen LogP contribution in [0.5, 0.6) is 11.6 Å². The number of methoxy groups -OCH3 is 2. The van der Waals surface area contributed by atoms with Gasteiger partial charge in [-0.15, -0.1) is 0 Å². The maximum absolute atomic E-state index is 14.3. The van der Waals surface area contributed by atoms with E-state index in [1.807, 2.05) is 48.5 Å². The molecule has 2 aromatic heterocycles. The first kappa shape index (κ1) is 26.8. The van der Waals surface area contributed by atoms with Crippen molar-refractivity contribution < 1.29 is 26.7 Å². The Labute approximate surface area is 229 Å². The van der Waals surface area contributed by atoms with E-state index >= 15 is 0 Å². The molecule has 5 rings (SSSR count). The fourth-order valence-corrected chi connectivity index (χ4v) is 5.33. The highest BCUT2D eigenvalue weighted by molar-refractivity contribution is 7.92. The van der Waals surface area contributed by atoms with Crippen molar-refractivity contribution in [1.29, 1.82) is 0 Å². The molecular formula is C29H24F2N4O4S. The van der Waals surface area contributed by atoms with Gasteiger partial charge in [0.25, 0.3) is 10.0 Å². The molecular weight excluding hydrogens is 538 g/mol. The van der Waals surface area contributed by atoms with Crippen molar-refractivity contribution >= 4 is 32.3 Å². The molecule has 0 spiro atoms. The number of sulfonamides is 1. The zero-order valence-corrected chi connectivity index (χ0v) is 22.3. The van der Waals surface area contributed by atoms with Crippen LogP contribution < -0.4 is 19.5 Å². The Morgan fingerprint density at radius 2 is 1.62 bits per heavy atom. The largest absolute Gasteiger partial charge is 0.494 e. The Morgan fingerprint density at radius 3 is 2.35 bits per heavy atom. The minimum Gasteiger partial charge on any atom is -0.494 e. The molecule has 0 atom stereocenters. The molecule has 2 heterocycles.